The fourth-order valence-electron chi connectivity index (χ4n) is 0.809. The standard InChI is InChI=1S/C8H8ClFS/c1-11-5-6-4-7(10)2-3-8(6)9/h2-4H,5H2,1H3. The van der Waals surface area contributed by atoms with Crippen LogP contribution in [0.3, 0.4) is 0 Å². The Kier molecular flexibility index (Phi) is 3.21. The lowest BCUT2D eigenvalue weighted by Gasteiger charge is -2.00. The van der Waals surface area contributed by atoms with E-state index in [9.17, 15) is 4.39 Å². The first-order valence-corrected chi connectivity index (χ1v) is 4.94. The van der Waals surface area contributed by atoms with Crippen LogP contribution < -0.4 is 0 Å². The van der Waals surface area contributed by atoms with Crippen LogP contribution in [0.15, 0.2) is 18.2 Å². The molecule has 0 bridgehead atoms. The molecule has 0 aliphatic carbocycles. The van der Waals surface area contributed by atoms with Crippen LogP contribution in [0.2, 0.25) is 5.02 Å². The fourth-order valence-corrected chi connectivity index (χ4v) is 1.62. The number of hydrogen-bond acceptors (Lipinski definition) is 1. The number of thioether (sulfide) groups is 1. The van der Waals surface area contributed by atoms with Crippen LogP contribution in [0.5, 0.6) is 0 Å². The number of halogens is 2. The van der Waals surface area contributed by atoms with Gasteiger partial charge in [-0.2, -0.15) is 11.8 Å². The molecule has 1 rings (SSSR count). The van der Waals surface area contributed by atoms with Gasteiger partial charge in [-0.15, -0.1) is 0 Å². The van der Waals surface area contributed by atoms with Crippen LogP contribution in [0.1, 0.15) is 5.56 Å². The van der Waals surface area contributed by atoms with Gasteiger partial charge in [0.25, 0.3) is 0 Å². The third-order valence-corrected chi connectivity index (χ3v) is 2.28. The van der Waals surface area contributed by atoms with Gasteiger partial charge in [0.05, 0.1) is 0 Å². The van der Waals surface area contributed by atoms with Crippen molar-refractivity contribution in [3.8, 4) is 0 Å². The molecule has 0 aliphatic rings. The van der Waals surface area contributed by atoms with E-state index < -0.39 is 0 Å². The van der Waals surface area contributed by atoms with Crippen molar-refractivity contribution < 1.29 is 4.39 Å². The van der Waals surface area contributed by atoms with Crippen molar-refractivity contribution in [3.05, 3.63) is 34.6 Å². The highest BCUT2D eigenvalue weighted by atomic mass is 35.5. The van der Waals surface area contributed by atoms with E-state index in [-0.39, 0.29) is 5.82 Å². The lowest BCUT2D eigenvalue weighted by atomic mass is 10.2. The molecule has 0 unspecified atom stereocenters. The molecular weight excluding hydrogens is 183 g/mol. The van der Waals surface area contributed by atoms with Gasteiger partial charge in [0.2, 0.25) is 0 Å². The van der Waals surface area contributed by atoms with E-state index in [4.69, 9.17) is 11.6 Å². The van der Waals surface area contributed by atoms with Crippen LogP contribution in [0.25, 0.3) is 0 Å². The third kappa shape index (κ3) is 2.38. The Morgan fingerprint density at radius 2 is 2.27 bits per heavy atom. The van der Waals surface area contributed by atoms with Crippen molar-refractivity contribution >= 4 is 23.4 Å². The highest BCUT2D eigenvalue weighted by Crippen LogP contribution is 2.20. The first-order valence-electron chi connectivity index (χ1n) is 3.17. The zero-order valence-electron chi connectivity index (χ0n) is 6.10. The Balaban J connectivity index is 2.93. The summed E-state index contributed by atoms with van der Waals surface area (Å²) in [5.74, 6) is 0.537. The molecule has 1 aromatic carbocycles. The summed E-state index contributed by atoms with van der Waals surface area (Å²) in [6.07, 6.45) is 1.96. The summed E-state index contributed by atoms with van der Waals surface area (Å²) in [6, 6.07) is 4.42. The molecule has 0 aliphatic heterocycles. The highest BCUT2D eigenvalue weighted by Gasteiger charge is 1.99. The molecule has 0 saturated carbocycles. The maximum absolute atomic E-state index is 12.6. The highest BCUT2D eigenvalue weighted by molar-refractivity contribution is 7.97. The minimum Gasteiger partial charge on any atom is -0.207 e. The van der Waals surface area contributed by atoms with Crippen LogP contribution in [0.4, 0.5) is 4.39 Å². The van der Waals surface area contributed by atoms with Gasteiger partial charge in [-0.1, -0.05) is 11.6 Å². The lowest BCUT2D eigenvalue weighted by Crippen LogP contribution is -1.83. The smallest absolute Gasteiger partial charge is 0.123 e. The van der Waals surface area contributed by atoms with Crippen molar-refractivity contribution in [2.45, 2.75) is 5.75 Å². The molecule has 0 saturated heterocycles. The van der Waals surface area contributed by atoms with Gasteiger partial charge in [-0.25, -0.2) is 4.39 Å². The van der Waals surface area contributed by atoms with Gasteiger partial charge in [0, 0.05) is 10.8 Å². The Hall–Kier alpha value is -0.210. The van der Waals surface area contributed by atoms with Crippen molar-refractivity contribution in [2.75, 3.05) is 6.26 Å². The zero-order valence-corrected chi connectivity index (χ0v) is 7.68. The zero-order chi connectivity index (χ0) is 8.27. The van der Waals surface area contributed by atoms with Crippen LogP contribution in [-0.4, -0.2) is 6.26 Å². The summed E-state index contributed by atoms with van der Waals surface area (Å²) in [7, 11) is 0. The molecule has 0 N–H and O–H groups in total. The maximum Gasteiger partial charge on any atom is 0.123 e. The monoisotopic (exact) mass is 190 g/mol. The molecule has 0 radical (unpaired) electrons. The molecule has 1 aromatic rings. The van der Waals surface area contributed by atoms with Gasteiger partial charge in [-0.3, -0.25) is 0 Å². The van der Waals surface area contributed by atoms with Crippen molar-refractivity contribution in [3.63, 3.8) is 0 Å². The average Bonchev–Trinajstić information content (AvgIpc) is 1.98. The molecule has 0 fully saturated rings. The van der Waals surface area contributed by atoms with Gasteiger partial charge in [0.15, 0.2) is 0 Å². The predicted molar refractivity (Wildman–Crippen MR) is 48.6 cm³/mol. The van der Waals surface area contributed by atoms with Gasteiger partial charge in [0.1, 0.15) is 5.82 Å². The molecule has 11 heavy (non-hydrogen) atoms. The number of rotatable bonds is 2. The normalized spacial score (nSPS) is 10.1. The summed E-state index contributed by atoms with van der Waals surface area (Å²) in [6.45, 7) is 0. The summed E-state index contributed by atoms with van der Waals surface area (Å²) < 4.78 is 12.6. The molecule has 60 valence electrons. The van der Waals surface area contributed by atoms with E-state index in [1.165, 1.54) is 12.1 Å². The molecule has 0 spiro atoms. The quantitative estimate of drug-likeness (QED) is 0.690. The van der Waals surface area contributed by atoms with Crippen molar-refractivity contribution in [1.29, 1.82) is 0 Å². The lowest BCUT2D eigenvalue weighted by molar-refractivity contribution is 0.626. The minimum absolute atomic E-state index is 0.224. The molecule has 0 aromatic heterocycles. The van der Waals surface area contributed by atoms with E-state index in [1.54, 1.807) is 17.8 Å². The molecular formula is C8H8ClFS. The van der Waals surface area contributed by atoms with Crippen LogP contribution in [-0.2, 0) is 5.75 Å². The second-order valence-electron chi connectivity index (χ2n) is 2.17. The topological polar surface area (TPSA) is 0 Å². The first kappa shape index (κ1) is 8.88. The summed E-state index contributed by atoms with van der Waals surface area (Å²) in [4.78, 5) is 0. The van der Waals surface area contributed by atoms with E-state index >= 15 is 0 Å². The SMILES string of the molecule is CSCc1cc(F)ccc1Cl. The largest absolute Gasteiger partial charge is 0.207 e. The molecule has 0 atom stereocenters. The summed E-state index contributed by atoms with van der Waals surface area (Å²) in [5.41, 5.74) is 0.860. The number of hydrogen-bond donors (Lipinski definition) is 0. The Bertz CT molecular complexity index is 250. The molecule has 0 nitrogen and oxygen atoms in total. The Morgan fingerprint density at radius 1 is 1.55 bits per heavy atom. The van der Waals surface area contributed by atoms with E-state index in [2.05, 4.69) is 0 Å². The second kappa shape index (κ2) is 3.98. The third-order valence-electron chi connectivity index (χ3n) is 1.31. The van der Waals surface area contributed by atoms with Crippen molar-refractivity contribution in [1.82, 2.24) is 0 Å². The van der Waals surface area contributed by atoms with Gasteiger partial charge < -0.3 is 0 Å². The van der Waals surface area contributed by atoms with E-state index in [1.807, 2.05) is 6.26 Å². The van der Waals surface area contributed by atoms with Crippen LogP contribution in [0, 0.1) is 5.82 Å². The maximum atomic E-state index is 12.6. The fraction of sp³-hybridized carbons (Fsp3) is 0.250. The van der Waals surface area contributed by atoms with Gasteiger partial charge in [-0.05, 0) is 30.0 Å². The van der Waals surface area contributed by atoms with Crippen LogP contribution >= 0.6 is 23.4 Å². The van der Waals surface area contributed by atoms with Crippen molar-refractivity contribution in [2.24, 2.45) is 0 Å². The summed E-state index contributed by atoms with van der Waals surface area (Å²) >= 11 is 7.42. The van der Waals surface area contributed by atoms with E-state index in [0.29, 0.717) is 5.02 Å². The average molecular weight is 191 g/mol. The minimum atomic E-state index is -0.224. The molecule has 0 heterocycles. The Labute approximate surface area is 74.8 Å². The first-order chi connectivity index (χ1) is 5.24. The summed E-state index contributed by atoms with van der Waals surface area (Å²) in [5, 5.41) is 0.640. The second-order valence-corrected chi connectivity index (χ2v) is 3.44. The Morgan fingerprint density at radius 3 is 2.91 bits per heavy atom. The molecule has 3 heteroatoms. The predicted octanol–water partition coefficient (Wildman–Crippen LogP) is 3.34. The van der Waals surface area contributed by atoms with E-state index in [0.717, 1.165) is 11.3 Å². The molecule has 0 amide bonds. The number of benzene rings is 1. The van der Waals surface area contributed by atoms with Gasteiger partial charge >= 0.3 is 0 Å².